The summed E-state index contributed by atoms with van der Waals surface area (Å²) in [6.45, 7) is 1.92. The van der Waals surface area contributed by atoms with E-state index in [-0.39, 0.29) is 6.04 Å². The second-order valence-corrected chi connectivity index (χ2v) is 3.44. The maximum atomic E-state index is 9.68. The molecule has 0 saturated carbocycles. The minimum Gasteiger partial charge on any atom is -0.507 e. The third-order valence-electron chi connectivity index (χ3n) is 2.63. The number of phenols is 1. The zero-order valence-corrected chi connectivity index (χ0v) is 7.17. The molecule has 1 aliphatic carbocycles. The Morgan fingerprint density at radius 3 is 3.00 bits per heavy atom. The van der Waals surface area contributed by atoms with Gasteiger partial charge in [0, 0.05) is 6.04 Å². The fraction of sp³-hybridized carbons (Fsp3) is 0.400. The van der Waals surface area contributed by atoms with Crippen molar-refractivity contribution in [2.45, 2.75) is 25.8 Å². The molecule has 0 aliphatic heterocycles. The summed E-state index contributed by atoms with van der Waals surface area (Å²) in [4.78, 5) is 0. The highest BCUT2D eigenvalue weighted by molar-refractivity contribution is 5.48. The van der Waals surface area contributed by atoms with Gasteiger partial charge < -0.3 is 10.8 Å². The van der Waals surface area contributed by atoms with Gasteiger partial charge in [0.15, 0.2) is 0 Å². The number of nitrogens with two attached hydrogens (primary N) is 1. The molecule has 0 spiro atoms. The number of rotatable bonds is 0. The van der Waals surface area contributed by atoms with Crippen molar-refractivity contribution in [3.63, 3.8) is 0 Å². The Hall–Kier alpha value is -1.02. The lowest BCUT2D eigenvalue weighted by Crippen LogP contribution is -2.04. The minimum atomic E-state index is 0.131. The summed E-state index contributed by atoms with van der Waals surface area (Å²) < 4.78 is 0. The molecule has 0 amide bonds. The van der Waals surface area contributed by atoms with Crippen LogP contribution >= 0.6 is 0 Å². The highest BCUT2D eigenvalue weighted by Crippen LogP contribution is 2.36. The fourth-order valence-electron chi connectivity index (χ4n) is 1.83. The summed E-state index contributed by atoms with van der Waals surface area (Å²) in [6, 6.07) is 4.09. The SMILES string of the molecule is Cc1ccc2c(c1O)CCC2N. The molecule has 1 aromatic rings. The van der Waals surface area contributed by atoms with E-state index in [1.54, 1.807) is 0 Å². The fourth-order valence-corrected chi connectivity index (χ4v) is 1.83. The van der Waals surface area contributed by atoms with Crippen LogP contribution in [0, 0.1) is 6.92 Å². The van der Waals surface area contributed by atoms with Crippen molar-refractivity contribution in [2.24, 2.45) is 5.73 Å². The van der Waals surface area contributed by atoms with Gasteiger partial charge in [-0.25, -0.2) is 0 Å². The van der Waals surface area contributed by atoms with Gasteiger partial charge in [-0.15, -0.1) is 0 Å². The Labute approximate surface area is 72.0 Å². The third-order valence-corrected chi connectivity index (χ3v) is 2.63. The molecule has 0 bridgehead atoms. The molecule has 3 N–H and O–H groups in total. The van der Waals surface area contributed by atoms with E-state index in [1.807, 2.05) is 19.1 Å². The van der Waals surface area contributed by atoms with Crippen LogP contribution in [-0.2, 0) is 6.42 Å². The average Bonchev–Trinajstić information content (AvgIpc) is 2.41. The molecule has 1 aromatic carbocycles. The van der Waals surface area contributed by atoms with Crippen molar-refractivity contribution in [1.82, 2.24) is 0 Å². The van der Waals surface area contributed by atoms with Crippen LogP contribution in [0.5, 0.6) is 5.75 Å². The average molecular weight is 163 g/mol. The van der Waals surface area contributed by atoms with Gasteiger partial charge in [0.25, 0.3) is 0 Å². The Kier molecular flexibility index (Phi) is 1.58. The monoisotopic (exact) mass is 163 g/mol. The normalized spacial score (nSPS) is 21.0. The highest BCUT2D eigenvalue weighted by atomic mass is 16.3. The van der Waals surface area contributed by atoms with Gasteiger partial charge in [-0.05, 0) is 36.5 Å². The van der Waals surface area contributed by atoms with Crippen molar-refractivity contribution in [2.75, 3.05) is 0 Å². The van der Waals surface area contributed by atoms with E-state index in [0.717, 1.165) is 29.5 Å². The lowest BCUT2D eigenvalue weighted by Gasteiger charge is -2.07. The van der Waals surface area contributed by atoms with Crippen LogP contribution in [0.25, 0.3) is 0 Å². The standard InChI is InChI=1S/C10H13NO/c1-6-2-3-7-8(10(6)12)4-5-9(7)11/h2-3,9,12H,4-5,11H2,1H3. The molecular formula is C10H13NO. The van der Waals surface area contributed by atoms with Crippen molar-refractivity contribution >= 4 is 0 Å². The number of benzene rings is 1. The number of phenolic OH excluding ortho intramolecular Hbond substituents is 1. The molecule has 2 rings (SSSR count). The summed E-state index contributed by atoms with van der Waals surface area (Å²) >= 11 is 0. The number of hydrogen-bond acceptors (Lipinski definition) is 2. The van der Waals surface area contributed by atoms with Crippen LogP contribution in [0.2, 0.25) is 0 Å². The van der Waals surface area contributed by atoms with E-state index in [9.17, 15) is 5.11 Å². The van der Waals surface area contributed by atoms with Gasteiger partial charge in [0.05, 0.1) is 0 Å². The first kappa shape index (κ1) is 7.62. The predicted octanol–water partition coefficient (Wildman–Crippen LogP) is 1.65. The van der Waals surface area contributed by atoms with Gasteiger partial charge in [-0.1, -0.05) is 12.1 Å². The molecule has 0 fully saturated rings. The summed E-state index contributed by atoms with van der Waals surface area (Å²) in [5.74, 6) is 0.445. The molecular weight excluding hydrogens is 150 g/mol. The Bertz CT molecular complexity index is 320. The van der Waals surface area contributed by atoms with Crippen LogP contribution in [0.3, 0.4) is 0 Å². The number of hydrogen-bond donors (Lipinski definition) is 2. The first-order valence-electron chi connectivity index (χ1n) is 4.27. The number of fused-ring (bicyclic) bond motifs is 1. The van der Waals surface area contributed by atoms with Crippen molar-refractivity contribution in [3.8, 4) is 5.75 Å². The van der Waals surface area contributed by atoms with Gasteiger partial charge in [-0.2, -0.15) is 0 Å². The molecule has 0 aromatic heterocycles. The van der Waals surface area contributed by atoms with Crippen molar-refractivity contribution in [1.29, 1.82) is 0 Å². The zero-order valence-electron chi connectivity index (χ0n) is 7.17. The summed E-state index contributed by atoms with van der Waals surface area (Å²) in [5.41, 5.74) is 8.98. The highest BCUT2D eigenvalue weighted by Gasteiger charge is 2.22. The molecule has 0 heterocycles. The molecule has 0 radical (unpaired) electrons. The maximum Gasteiger partial charge on any atom is 0.122 e. The van der Waals surface area contributed by atoms with Crippen molar-refractivity contribution < 1.29 is 5.11 Å². The summed E-state index contributed by atoms with van der Waals surface area (Å²) in [6.07, 6.45) is 1.89. The molecule has 0 saturated heterocycles. The maximum absolute atomic E-state index is 9.68. The Balaban J connectivity index is 2.60. The molecule has 2 heteroatoms. The quantitative estimate of drug-likeness (QED) is 0.610. The van der Waals surface area contributed by atoms with Crippen LogP contribution in [0.4, 0.5) is 0 Å². The largest absolute Gasteiger partial charge is 0.507 e. The summed E-state index contributed by atoms with van der Waals surface area (Å²) in [7, 11) is 0. The van der Waals surface area contributed by atoms with Gasteiger partial charge in [0.1, 0.15) is 5.75 Å². The number of aryl methyl sites for hydroxylation is 1. The Morgan fingerprint density at radius 1 is 1.50 bits per heavy atom. The van der Waals surface area contributed by atoms with E-state index >= 15 is 0 Å². The van der Waals surface area contributed by atoms with E-state index < -0.39 is 0 Å². The van der Waals surface area contributed by atoms with Crippen LogP contribution in [-0.4, -0.2) is 5.11 Å². The van der Waals surface area contributed by atoms with Gasteiger partial charge >= 0.3 is 0 Å². The lowest BCUT2D eigenvalue weighted by molar-refractivity contribution is 0.465. The van der Waals surface area contributed by atoms with E-state index in [1.165, 1.54) is 0 Å². The van der Waals surface area contributed by atoms with Crippen LogP contribution < -0.4 is 5.73 Å². The van der Waals surface area contributed by atoms with E-state index in [0.29, 0.717) is 5.75 Å². The molecule has 1 atom stereocenters. The smallest absolute Gasteiger partial charge is 0.122 e. The lowest BCUT2D eigenvalue weighted by atomic mass is 10.0. The van der Waals surface area contributed by atoms with E-state index in [2.05, 4.69) is 0 Å². The molecule has 12 heavy (non-hydrogen) atoms. The van der Waals surface area contributed by atoms with Crippen molar-refractivity contribution in [3.05, 3.63) is 28.8 Å². The van der Waals surface area contributed by atoms with Crippen LogP contribution in [0.15, 0.2) is 12.1 Å². The molecule has 1 aliphatic rings. The topological polar surface area (TPSA) is 46.2 Å². The molecule has 2 nitrogen and oxygen atoms in total. The first-order chi connectivity index (χ1) is 5.70. The van der Waals surface area contributed by atoms with Gasteiger partial charge in [-0.3, -0.25) is 0 Å². The van der Waals surface area contributed by atoms with Gasteiger partial charge in [0.2, 0.25) is 0 Å². The van der Waals surface area contributed by atoms with E-state index in [4.69, 9.17) is 5.73 Å². The van der Waals surface area contributed by atoms with Crippen LogP contribution in [0.1, 0.15) is 29.2 Å². The molecule has 64 valence electrons. The zero-order chi connectivity index (χ0) is 8.72. The predicted molar refractivity (Wildman–Crippen MR) is 48.1 cm³/mol. The summed E-state index contributed by atoms with van der Waals surface area (Å²) in [5, 5.41) is 9.68. The second kappa shape index (κ2) is 2.49. The first-order valence-corrected chi connectivity index (χ1v) is 4.27. The number of aromatic hydroxyl groups is 1. The third kappa shape index (κ3) is 0.916. The molecule has 1 unspecified atom stereocenters. The minimum absolute atomic E-state index is 0.131. The Morgan fingerprint density at radius 2 is 2.25 bits per heavy atom. The second-order valence-electron chi connectivity index (χ2n) is 3.44.